The Morgan fingerprint density at radius 1 is 1.33 bits per heavy atom. The number of aliphatic hydroxyl groups is 1. The van der Waals surface area contributed by atoms with Crippen LogP contribution >= 0.6 is 0 Å². The number of halogens is 1. The van der Waals surface area contributed by atoms with Crippen molar-refractivity contribution in [2.45, 2.75) is 38.4 Å². The molecule has 1 fully saturated rings. The third-order valence-electron chi connectivity index (χ3n) is 2.71. The van der Waals surface area contributed by atoms with Gasteiger partial charge in [0.15, 0.2) is 0 Å². The van der Waals surface area contributed by atoms with Crippen molar-refractivity contribution in [2.24, 2.45) is 0 Å². The van der Waals surface area contributed by atoms with Gasteiger partial charge in [0.05, 0.1) is 25.5 Å². The predicted octanol–water partition coefficient (Wildman–Crippen LogP) is 1.21. The number of nitrogens with zero attached hydrogens (tertiary/aromatic N) is 1. The van der Waals surface area contributed by atoms with Crippen molar-refractivity contribution in [2.75, 3.05) is 32.9 Å². The zero-order valence-electron chi connectivity index (χ0n) is 9.49. The smallest absolute Gasteiger partial charge is 0.0936 e. The van der Waals surface area contributed by atoms with E-state index in [-0.39, 0.29) is 25.5 Å². The van der Waals surface area contributed by atoms with Crippen molar-refractivity contribution in [3.63, 3.8) is 0 Å². The first-order valence-electron chi connectivity index (χ1n) is 5.81. The molecule has 3 nitrogen and oxygen atoms in total. The number of unbranched alkanes of at least 4 members (excludes halogenated alkanes) is 2. The van der Waals surface area contributed by atoms with E-state index >= 15 is 0 Å². The molecule has 0 unspecified atom stereocenters. The number of rotatable bonds is 6. The van der Waals surface area contributed by atoms with Crippen LogP contribution < -0.4 is 0 Å². The summed E-state index contributed by atoms with van der Waals surface area (Å²) in [6.07, 6.45) is 2.80. The molecule has 1 heterocycles. The highest BCUT2D eigenvalue weighted by Gasteiger charge is 2.23. The van der Waals surface area contributed by atoms with Gasteiger partial charge in [0, 0.05) is 13.1 Å². The van der Waals surface area contributed by atoms with Gasteiger partial charge in [0.25, 0.3) is 0 Å². The maximum absolute atomic E-state index is 11.9. The predicted molar refractivity (Wildman–Crippen MR) is 57.7 cm³/mol. The summed E-state index contributed by atoms with van der Waals surface area (Å²) >= 11 is 0. The number of aliphatic hydroxyl groups excluding tert-OH is 1. The molecule has 0 saturated carbocycles. The van der Waals surface area contributed by atoms with Gasteiger partial charge in [-0.05, 0) is 32.7 Å². The van der Waals surface area contributed by atoms with Gasteiger partial charge in [-0.15, -0.1) is 0 Å². The van der Waals surface area contributed by atoms with Crippen LogP contribution in [0.15, 0.2) is 0 Å². The molecule has 1 rings (SSSR count). The minimum absolute atomic E-state index is 0.0464. The number of hydrogen-bond donors (Lipinski definition) is 1. The lowest BCUT2D eigenvalue weighted by Crippen LogP contribution is -2.48. The Morgan fingerprint density at radius 3 is 2.80 bits per heavy atom. The molecule has 0 radical (unpaired) electrons. The molecular weight excluding hydrogens is 197 g/mol. The van der Waals surface area contributed by atoms with Crippen LogP contribution in [-0.4, -0.2) is 55.1 Å². The molecule has 0 aromatic carbocycles. The van der Waals surface area contributed by atoms with Crippen molar-refractivity contribution in [1.29, 1.82) is 0 Å². The summed E-state index contributed by atoms with van der Waals surface area (Å²) in [4.78, 5) is 2.30. The molecule has 1 aliphatic heterocycles. The van der Waals surface area contributed by atoms with E-state index in [1.165, 1.54) is 0 Å². The van der Waals surface area contributed by atoms with Gasteiger partial charge in [-0.3, -0.25) is 9.29 Å². The van der Waals surface area contributed by atoms with Crippen LogP contribution in [0, 0.1) is 0 Å². The van der Waals surface area contributed by atoms with E-state index in [9.17, 15) is 4.39 Å². The second-order valence-electron chi connectivity index (χ2n) is 4.26. The van der Waals surface area contributed by atoms with Crippen LogP contribution in [0.2, 0.25) is 0 Å². The summed E-state index contributed by atoms with van der Waals surface area (Å²) in [6.45, 7) is 4.62. The van der Waals surface area contributed by atoms with Crippen molar-refractivity contribution < 1.29 is 14.2 Å². The maximum Gasteiger partial charge on any atom is 0.0936 e. The monoisotopic (exact) mass is 219 g/mol. The van der Waals surface area contributed by atoms with Gasteiger partial charge in [0.1, 0.15) is 0 Å². The third-order valence-corrected chi connectivity index (χ3v) is 2.71. The fraction of sp³-hybridized carbons (Fsp3) is 1.00. The lowest BCUT2D eigenvalue weighted by molar-refractivity contribution is -0.0952. The molecule has 2 atom stereocenters. The molecule has 15 heavy (non-hydrogen) atoms. The molecule has 0 spiro atoms. The van der Waals surface area contributed by atoms with Crippen molar-refractivity contribution in [3.05, 3.63) is 0 Å². The van der Waals surface area contributed by atoms with E-state index in [2.05, 4.69) is 4.90 Å². The van der Waals surface area contributed by atoms with Gasteiger partial charge in [-0.2, -0.15) is 0 Å². The molecule has 0 amide bonds. The Morgan fingerprint density at radius 2 is 2.13 bits per heavy atom. The Kier molecular flexibility index (Phi) is 6.13. The largest absolute Gasteiger partial charge is 0.394 e. The second kappa shape index (κ2) is 7.14. The van der Waals surface area contributed by atoms with Crippen molar-refractivity contribution in [1.82, 2.24) is 4.90 Å². The summed E-state index contributed by atoms with van der Waals surface area (Å²) < 4.78 is 17.4. The number of ether oxygens (including phenoxy) is 1. The summed E-state index contributed by atoms with van der Waals surface area (Å²) in [5.74, 6) is 0. The van der Waals surface area contributed by atoms with Gasteiger partial charge in [-0.25, -0.2) is 0 Å². The molecule has 1 N–H and O–H groups in total. The van der Waals surface area contributed by atoms with Crippen molar-refractivity contribution in [3.8, 4) is 0 Å². The summed E-state index contributed by atoms with van der Waals surface area (Å²) in [5.41, 5.74) is 0. The maximum atomic E-state index is 11.9. The van der Waals surface area contributed by atoms with Gasteiger partial charge < -0.3 is 9.84 Å². The van der Waals surface area contributed by atoms with Crippen molar-refractivity contribution >= 4 is 0 Å². The normalized spacial score (nSPS) is 28.2. The molecule has 0 aromatic rings. The molecular formula is C11H22FNO2. The van der Waals surface area contributed by atoms with Crippen LogP contribution in [-0.2, 0) is 4.74 Å². The first-order valence-corrected chi connectivity index (χ1v) is 5.81. The second-order valence-corrected chi connectivity index (χ2v) is 4.26. The SMILES string of the molecule is C[C@H]1CN(CCCCCF)C[C@@H](CO)O1. The zero-order valence-corrected chi connectivity index (χ0v) is 9.49. The first-order chi connectivity index (χ1) is 7.26. The Bertz CT molecular complexity index is 169. The first kappa shape index (κ1) is 12.9. The van der Waals surface area contributed by atoms with Crippen LogP contribution in [0.1, 0.15) is 26.2 Å². The minimum Gasteiger partial charge on any atom is -0.394 e. The van der Waals surface area contributed by atoms with E-state index in [1.807, 2.05) is 6.92 Å². The average Bonchev–Trinajstić information content (AvgIpc) is 2.23. The van der Waals surface area contributed by atoms with Crippen LogP contribution in [0.5, 0.6) is 0 Å². The molecule has 0 aromatic heterocycles. The van der Waals surface area contributed by atoms with Crippen LogP contribution in [0.3, 0.4) is 0 Å². The van der Waals surface area contributed by atoms with Crippen LogP contribution in [0.25, 0.3) is 0 Å². The quantitative estimate of drug-likeness (QED) is 0.682. The molecule has 1 saturated heterocycles. The number of morpholine rings is 1. The molecule has 0 aliphatic carbocycles. The lowest BCUT2D eigenvalue weighted by Gasteiger charge is -2.36. The fourth-order valence-electron chi connectivity index (χ4n) is 2.03. The van der Waals surface area contributed by atoms with E-state index in [1.54, 1.807) is 0 Å². The van der Waals surface area contributed by atoms with Gasteiger partial charge >= 0.3 is 0 Å². The topological polar surface area (TPSA) is 32.7 Å². The lowest BCUT2D eigenvalue weighted by atomic mass is 10.2. The number of alkyl halides is 1. The average molecular weight is 219 g/mol. The third kappa shape index (κ3) is 4.91. The summed E-state index contributed by atoms with van der Waals surface area (Å²) in [5, 5.41) is 9.03. The summed E-state index contributed by atoms with van der Waals surface area (Å²) in [7, 11) is 0. The zero-order chi connectivity index (χ0) is 11.1. The highest BCUT2D eigenvalue weighted by molar-refractivity contribution is 4.75. The van der Waals surface area contributed by atoms with Gasteiger partial charge in [-0.1, -0.05) is 0 Å². The van der Waals surface area contributed by atoms with E-state index in [0.717, 1.165) is 32.5 Å². The van der Waals surface area contributed by atoms with E-state index < -0.39 is 0 Å². The Hall–Kier alpha value is -0.190. The van der Waals surface area contributed by atoms with Crippen LogP contribution in [0.4, 0.5) is 4.39 Å². The molecule has 4 heteroatoms. The Balaban J connectivity index is 2.16. The Labute approximate surface area is 91.2 Å². The summed E-state index contributed by atoms with van der Waals surface area (Å²) in [6, 6.07) is 0. The number of hydrogen-bond acceptors (Lipinski definition) is 3. The highest BCUT2D eigenvalue weighted by atomic mass is 19.1. The standard InChI is InChI=1S/C11H22FNO2/c1-10-7-13(6-4-2-3-5-12)8-11(9-14)15-10/h10-11,14H,2-9H2,1H3/t10-,11-/m0/s1. The minimum atomic E-state index is -0.210. The molecule has 90 valence electrons. The fourth-order valence-corrected chi connectivity index (χ4v) is 2.03. The highest BCUT2D eigenvalue weighted by Crippen LogP contribution is 2.11. The van der Waals surface area contributed by atoms with E-state index in [0.29, 0.717) is 6.42 Å². The van der Waals surface area contributed by atoms with E-state index in [4.69, 9.17) is 9.84 Å². The van der Waals surface area contributed by atoms with Gasteiger partial charge in [0.2, 0.25) is 0 Å². The molecule has 0 bridgehead atoms. The molecule has 1 aliphatic rings.